The molecule has 96 valence electrons. The lowest BCUT2D eigenvalue weighted by Gasteiger charge is -2.20. The minimum Gasteiger partial charge on any atom is -0.389 e. The van der Waals surface area contributed by atoms with Crippen molar-refractivity contribution in [3.8, 4) is 0 Å². The molecule has 0 heterocycles. The normalized spacial score (nSPS) is 14.3. The number of thiocarbonyl (C=S) groups is 1. The summed E-state index contributed by atoms with van der Waals surface area (Å²) in [6.07, 6.45) is 2.77. The van der Waals surface area contributed by atoms with Gasteiger partial charge in [-0.2, -0.15) is 0 Å². The van der Waals surface area contributed by atoms with Crippen LogP contribution in [0.15, 0.2) is 24.3 Å². The standard InChI is InChI=1S/C14H18N2OS/c1-2-16(12-7-8-12)13(17)9-10-3-5-11(6-4-10)14(15)18/h3-6,12H,2,7-9H2,1H3,(H2,15,18). The summed E-state index contributed by atoms with van der Waals surface area (Å²) in [5, 5.41) is 0. The van der Waals surface area contributed by atoms with Gasteiger partial charge in [-0.1, -0.05) is 36.5 Å². The van der Waals surface area contributed by atoms with Crippen LogP contribution >= 0.6 is 12.2 Å². The molecule has 18 heavy (non-hydrogen) atoms. The molecule has 0 atom stereocenters. The second kappa shape index (κ2) is 5.48. The lowest BCUT2D eigenvalue weighted by Crippen LogP contribution is -2.34. The quantitative estimate of drug-likeness (QED) is 0.824. The minimum absolute atomic E-state index is 0.211. The van der Waals surface area contributed by atoms with Crippen LogP contribution in [0.1, 0.15) is 30.9 Å². The molecule has 2 N–H and O–H groups in total. The summed E-state index contributed by atoms with van der Waals surface area (Å²) in [5.74, 6) is 0.211. The van der Waals surface area contributed by atoms with Gasteiger partial charge in [0, 0.05) is 18.2 Å². The Morgan fingerprint density at radius 2 is 2.00 bits per heavy atom. The van der Waals surface area contributed by atoms with Crippen LogP contribution in [0, 0.1) is 0 Å². The van der Waals surface area contributed by atoms with Gasteiger partial charge >= 0.3 is 0 Å². The maximum absolute atomic E-state index is 12.1. The topological polar surface area (TPSA) is 46.3 Å². The van der Waals surface area contributed by atoms with Gasteiger partial charge in [0.05, 0.1) is 6.42 Å². The SMILES string of the molecule is CCN(C(=O)Cc1ccc(C(N)=S)cc1)C1CC1. The van der Waals surface area contributed by atoms with Gasteiger partial charge in [-0.05, 0) is 25.3 Å². The largest absolute Gasteiger partial charge is 0.389 e. The molecule has 1 amide bonds. The molecule has 0 bridgehead atoms. The molecule has 1 aliphatic carbocycles. The maximum Gasteiger partial charge on any atom is 0.227 e. The Kier molecular flexibility index (Phi) is 3.97. The smallest absolute Gasteiger partial charge is 0.227 e. The van der Waals surface area contributed by atoms with Crippen molar-refractivity contribution < 1.29 is 4.79 Å². The van der Waals surface area contributed by atoms with Gasteiger partial charge in [-0.15, -0.1) is 0 Å². The van der Waals surface area contributed by atoms with Gasteiger partial charge in [0.25, 0.3) is 0 Å². The highest BCUT2D eigenvalue weighted by molar-refractivity contribution is 7.80. The predicted octanol–water partition coefficient (Wildman–Crippen LogP) is 1.87. The first-order valence-electron chi connectivity index (χ1n) is 6.30. The van der Waals surface area contributed by atoms with E-state index >= 15 is 0 Å². The van der Waals surface area contributed by atoms with Crippen molar-refractivity contribution in [2.45, 2.75) is 32.2 Å². The average molecular weight is 262 g/mol. The molecule has 1 aliphatic rings. The Balaban J connectivity index is 2.00. The van der Waals surface area contributed by atoms with Gasteiger partial charge < -0.3 is 10.6 Å². The summed E-state index contributed by atoms with van der Waals surface area (Å²) < 4.78 is 0. The van der Waals surface area contributed by atoms with Crippen molar-refractivity contribution in [3.05, 3.63) is 35.4 Å². The van der Waals surface area contributed by atoms with E-state index in [9.17, 15) is 4.79 Å². The zero-order valence-electron chi connectivity index (χ0n) is 10.6. The number of hydrogen-bond donors (Lipinski definition) is 1. The highest BCUT2D eigenvalue weighted by Crippen LogP contribution is 2.27. The van der Waals surface area contributed by atoms with Gasteiger partial charge in [-0.25, -0.2) is 0 Å². The van der Waals surface area contributed by atoms with E-state index in [1.165, 1.54) is 0 Å². The van der Waals surface area contributed by atoms with Crippen LogP contribution in [0.4, 0.5) is 0 Å². The molecule has 2 rings (SSSR count). The van der Waals surface area contributed by atoms with Crippen molar-refractivity contribution in [1.82, 2.24) is 4.90 Å². The van der Waals surface area contributed by atoms with Crippen molar-refractivity contribution in [3.63, 3.8) is 0 Å². The van der Waals surface area contributed by atoms with Gasteiger partial charge in [0.2, 0.25) is 5.91 Å². The van der Waals surface area contributed by atoms with E-state index in [0.717, 1.165) is 30.5 Å². The Hall–Kier alpha value is -1.42. The lowest BCUT2D eigenvalue weighted by atomic mass is 10.1. The van der Waals surface area contributed by atoms with Crippen LogP contribution in [0.5, 0.6) is 0 Å². The van der Waals surface area contributed by atoms with Crippen molar-refractivity contribution >= 4 is 23.1 Å². The molecule has 0 radical (unpaired) electrons. The molecular weight excluding hydrogens is 244 g/mol. The van der Waals surface area contributed by atoms with Crippen LogP contribution < -0.4 is 5.73 Å². The first kappa shape index (κ1) is 13.0. The molecule has 0 unspecified atom stereocenters. The van der Waals surface area contributed by atoms with Crippen LogP contribution in [0.2, 0.25) is 0 Å². The monoisotopic (exact) mass is 262 g/mol. The molecular formula is C14H18N2OS. The first-order chi connectivity index (χ1) is 8.61. The molecule has 1 fully saturated rings. The summed E-state index contributed by atoms with van der Waals surface area (Å²) in [7, 11) is 0. The summed E-state index contributed by atoms with van der Waals surface area (Å²) in [6.45, 7) is 2.83. The third-order valence-electron chi connectivity index (χ3n) is 3.24. The molecule has 1 aromatic carbocycles. The van der Waals surface area contributed by atoms with Crippen LogP contribution in [0.25, 0.3) is 0 Å². The highest BCUT2D eigenvalue weighted by Gasteiger charge is 2.30. The van der Waals surface area contributed by atoms with E-state index < -0.39 is 0 Å². The fourth-order valence-corrected chi connectivity index (χ4v) is 2.22. The minimum atomic E-state index is 0.211. The van der Waals surface area contributed by atoms with Gasteiger partial charge in [0.15, 0.2) is 0 Å². The van der Waals surface area contributed by atoms with Crippen molar-refractivity contribution in [1.29, 1.82) is 0 Å². The van der Waals surface area contributed by atoms with E-state index in [1.54, 1.807) is 0 Å². The fourth-order valence-electron chi connectivity index (χ4n) is 2.09. The van der Waals surface area contributed by atoms with Crippen LogP contribution in [-0.4, -0.2) is 28.4 Å². The van der Waals surface area contributed by atoms with Gasteiger partial charge in [-0.3, -0.25) is 4.79 Å². The Morgan fingerprint density at radius 3 is 2.44 bits per heavy atom. The Bertz CT molecular complexity index is 451. The maximum atomic E-state index is 12.1. The number of carbonyl (C=O) groups is 1. The molecule has 4 heteroatoms. The number of nitrogens with zero attached hydrogens (tertiary/aromatic N) is 1. The van der Waals surface area contributed by atoms with Crippen LogP contribution in [0.3, 0.4) is 0 Å². The highest BCUT2D eigenvalue weighted by atomic mass is 32.1. The second-order valence-corrected chi connectivity index (χ2v) is 5.09. The van der Waals surface area contributed by atoms with E-state index in [2.05, 4.69) is 0 Å². The van der Waals surface area contributed by atoms with E-state index in [1.807, 2.05) is 36.1 Å². The molecule has 3 nitrogen and oxygen atoms in total. The zero-order valence-corrected chi connectivity index (χ0v) is 11.4. The van der Waals surface area contributed by atoms with Crippen LogP contribution in [-0.2, 0) is 11.2 Å². The number of amides is 1. The summed E-state index contributed by atoms with van der Waals surface area (Å²) >= 11 is 4.90. The Morgan fingerprint density at radius 1 is 1.39 bits per heavy atom. The molecule has 0 aliphatic heterocycles. The number of hydrogen-bond acceptors (Lipinski definition) is 2. The second-order valence-electron chi connectivity index (χ2n) is 4.65. The molecule has 1 aromatic rings. The van der Waals surface area contributed by atoms with E-state index in [4.69, 9.17) is 18.0 Å². The summed E-state index contributed by atoms with van der Waals surface area (Å²) in [5.41, 5.74) is 7.40. The first-order valence-corrected chi connectivity index (χ1v) is 6.71. The molecule has 0 aromatic heterocycles. The number of carbonyl (C=O) groups excluding carboxylic acids is 1. The number of likely N-dealkylation sites (N-methyl/N-ethyl adjacent to an activating group) is 1. The number of rotatable bonds is 5. The molecule has 1 saturated carbocycles. The summed E-state index contributed by atoms with van der Waals surface area (Å²) in [4.78, 5) is 14.5. The van der Waals surface area contributed by atoms with E-state index in [0.29, 0.717) is 17.5 Å². The fraction of sp³-hybridized carbons (Fsp3) is 0.429. The Labute approximate surface area is 113 Å². The third-order valence-corrected chi connectivity index (χ3v) is 3.48. The van der Waals surface area contributed by atoms with E-state index in [-0.39, 0.29) is 5.91 Å². The average Bonchev–Trinajstić information content (AvgIpc) is 3.15. The van der Waals surface area contributed by atoms with Crippen molar-refractivity contribution in [2.75, 3.05) is 6.54 Å². The predicted molar refractivity (Wildman–Crippen MR) is 76.4 cm³/mol. The molecule has 0 saturated heterocycles. The summed E-state index contributed by atoms with van der Waals surface area (Å²) in [6, 6.07) is 8.08. The number of benzene rings is 1. The lowest BCUT2D eigenvalue weighted by molar-refractivity contribution is -0.130. The molecule has 0 spiro atoms. The number of nitrogens with two attached hydrogens (primary N) is 1. The van der Waals surface area contributed by atoms with Crippen molar-refractivity contribution in [2.24, 2.45) is 5.73 Å². The van der Waals surface area contributed by atoms with Gasteiger partial charge in [0.1, 0.15) is 4.99 Å². The third kappa shape index (κ3) is 3.07. The zero-order chi connectivity index (χ0) is 13.1.